The Labute approximate surface area is 246 Å². The van der Waals surface area contributed by atoms with E-state index in [9.17, 15) is 14.8 Å². The number of ether oxygens (including phenoxy) is 1. The third-order valence-electron chi connectivity index (χ3n) is 8.29. The number of aliphatic hydroxyl groups is 1. The minimum atomic E-state index is -0.784. The van der Waals surface area contributed by atoms with E-state index in [2.05, 4.69) is 16.0 Å². The Balaban J connectivity index is 1.05. The lowest BCUT2D eigenvalue weighted by atomic mass is 9.75. The molecule has 0 saturated heterocycles. The van der Waals surface area contributed by atoms with Gasteiger partial charge in [0.15, 0.2) is 0 Å². The largest absolute Gasteiger partial charge is 0.473 e. The second-order valence-electron chi connectivity index (χ2n) is 11.1. The van der Waals surface area contributed by atoms with Gasteiger partial charge < -0.3 is 19.3 Å². The average molecular weight is 575 g/mol. The highest BCUT2D eigenvalue weighted by atomic mass is 19.1. The van der Waals surface area contributed by atoms with Crippen molar-refractivity contribution in [3.8, 4) is 18.0 Å². The Morgan fingerprint density at radius 1 is 1.05 bits per heavy atom. The predicted molar refractivity (Wildman–Crippen MR) is 154 cm³/mol. The molecule has 0 radical (unpaired) electrons. The Hall–Kier alpha value is -5.26. The van der Waals surface area contributed by atoms with E-state index >= 15 is 0 Å². The molecule has 7 rings (SSSR count). The highest BCUT2D eigenvalue weighted by Crippen LogP contribution is 2.42. The van der Waals surface area contributed by atoms with Crippen molar-refractivity contribution in [2.24, 2.45) is 0 Å². The first-order valence-corrected chi connectivity index (χ1v) is 14.1. The van der Waals surface area contributed by atoms with E-state index in [0.29, 0.717) is 31.1 Å². The number of rotatable bonds is 8. The number of anilines is 1. The van der Waals surface area contributed by atoms with Crippen LogP contribution in [0.2, 0.25) is 0 Å². The van der Waals surface area contributed by atoms with Crippen LogP contribution in [0.1, 0.15) is 53.0 Å². The Morgan fingerprint density at radius 3 is 2.67 bits per heavy atom. The fourth-order valence-corrected chi connectivity index (χ4v) is 5.77. The molecule has 2 aliphatic rings. The molecular formula is C32H27FN8O2. The van der Waals surface area contributed by atoms with Crippen molar-refractivity contribution in [1.29, 1.82) is 10.5 Å². The second-order valence-corrected chi connectivity index (χ2v) is 11.1. The standard InChI is InChI=1S/C32H27FN8O2/c33-25-13-21(15-35)5-6-22(25)20-43-31-4-1-3-29(37-31)39-16-23-17-40(38-27(23)18-39)19-30-36-26-8-7-24(32(42)9-2-10-32)14-28(26)41(30)12-11-34/h1,3-8,13-14,17,42H,2,9-10,12,16,18-20H2. The fraction of sp³-hybridized carbons (Fsp3) is 0.281. The molecule has 0 atom stereocenters. The van der Waals surface area contributed by atoms with Crippen molar-refractivity contribution < 1.29 is 14.2 Å². The Bertz CT molecular complexity index is 1920. The zero-order valence-corrected chi connectivity index (χ0v) is 23.2. The first-order chi connectivity index (χ1) is 20.9. The van der Waals surface area contributed by atoms with Gasteiger partial charge >= 0.3 is 0 Å². The summed E-state index contributed by atoms with van der Waals surface area (Å²) in [4.78, 5) is 11.5. The van der Waals surface area contributed by atoms with Crippen LogP contribution in [-0.2, 0) is 38.4 Å². The zero-order valence-electron chi connectivity index (χ0n) is 23.2. The molecule has 3 aromatic heterocycles. The minimum absolute atomic E-state index is 0.000422. The van der Waals surface area contributed by atoms with Gasteiger partial charge in [-0.2, -0.15) is 20.6 Å². The van der Waals surface area contributed by atoms with Gasteiger partial charge in [-0.25, -0.2) is 9.37 Å². The van der Waals surface area contributed by atoms with E-state index in [1.54, 1.807) is 18.2 Å². The summed E-state index contributed by atoms with van der Waals surface area (Å²) in [5.41, 5.74) is 4.34. The highest BCUT2D eigenvalue weighted by Gasteiger charge is 2.36. The summed E-state index contributed by atoms with van der Waals surface area (Å²) in [7, 11) is 0. The number of imidazole rings is 1. The minimum Gasteiger partial charge on any atom is -0.473 e. The summed E-state index contributed by atoms with van der Waals surface area (Å²) in [5, 5.41) is 34.1. The van der Waals surface area contributed by atoms with Crippen LogP contribution in [0, 0.1) is 28.5 Å². The second kappa shape index (κ2) is 10.5. The van der Waals surface area contributed by atoms with Crippen LogP contribution in [-0.4, -0.2) is 29.4 Å². The number of nitrogens with zero attached hydrogens (tertiary/aromatic N) is 8. The van der Waals surface area contributed by atoms with E-state index in [4.69, 9.17) is 20.1 Å². The van der Waals surface area contributed by atoms with Crippen LogP contribution in [0.4, 0.5) is 10.2 Å². The lowest BCUT2D eigenvalue weighted by molar-refractivity contribution is -0.0387. The topological polar surface area (TPSA) is 129 Å². The van der Waals surface area contributed by atoms with Crippen LogP contribution < -0.4 is 9.64 Å². The van der Waals surface area contributed by atoms with E-state index < -0.39 is 11.4 Å². The van der Waals surface area contributed by atoms with Gasteiger partial charge in [-0.3, -0.25) is 4.68 Å². The molecule has 1 saturated carbocycles. The van der Waals surface area contributed by atoms with Crippen molar-refractivity contribution in [1.82, 2.24) is 24.3 Å². The van der Waals surface area contributed by atoms with Gasteiger partial charge in [-0.1, -0.05) is 18.2 Å². The van der Waals surface area contributed by atoms with Crippen molar-refractivity contribution >= 4 is 16.9 Å². The molecule has 1 aliphatic carbocycles. The van der Waals surface area contributed by atoms with Crippen LogP contribution in [0.3, 0.4) is 0 Å². The summed E-state index contributed by atoms with van der Waals surface area (Å²) in [6.45, 7) is 1.76. The monoisotopic (exact) mass is 574 g/mol. The summed E-state index contributed by atoms with van der Waals surface area (Å²) in [5.74, 6) is 1.34. The molecule has 4 heterocycles. The maximum atomic E-state index is 14.2. The number of hydrogen-bond acceptors (Lipinski definition) is 8. The van der Waals surface area contributed by atoms with Crippen molar-refractivity contribution in [2.75, 3.05) is 4.90 Å². The lowest BCUT2D eigenvalue weighted by Crippen LogP contribution is -2.33. The summed E-state index contributed by atoms with van der Waals surface area (Å²) in [6.07, 6.45) is 4.51. The third-order valence-corrected chi connectivity index (χ3v) is 8.29. The Kier molecular flexibility index (Phi) is 6.52. The zero-order chi connectivity index (χ0) is 29.6. The van der Waals surface area contributed by atoms with Gasteiger partial charge in [0.1, 0.15) is 30.6 Å². The van der Waals surface area contributed by atoms with E-state index in [-0.39, 0.29) is 18.7 Å². The summed E-state index contributed by atoms with van der Waals surface area (Å²) >= 11 is 0. The van der Waals surface area contributed by atoms with Crippen molar-refractivity contribution in [2.45, 2.75) is 57.6 Å². The van der Waals surface area contributed by atoms with Crippen molar-refractivity contribution in [3.63, 3.8) is 0 Å². The predicted octanol–water partition coefficient (Wildman–Crippen LogP) is 4.68. The van der Waals surface area contributed by atoms with Gasteiger partial charge in [0, 0.05) is 29.9 Å². The molecule has 5 aromatic rings. The number of hydrogen-bond donors (Lipinski definition) is 1. The van der Waals surface area contributed by atoms with Gasteiger partial charge in [0.2, 0.25) is 5.88 Å². The van der Waals surface area contributed by atoms with Crippen LogP contribution in [0.5, 0.6) is 5.88 Å². The molecule has 0 amide bonds. The van der Waals surface area contributed by atoms with E-state index in [1.165, 1.54) is 6.07 Å². The maximum Gasteiger partial charge on any atom is 0.215 e. The molecule has 2 aromatic carbocycles. The van der Waals surface area contributed by atoms with E-state index in [0.717, 1.165) is 58.8 Å². The molecule has 0 unspecified atom stereocenters. The molecule has 10 nitrogen and oxygen atoms in total. The SMILES string of the molecule is N#CCn1c(Cn2cc3c(n2)CN(c2cccc(OCc4ccc(C#N)cc4F)n2)C3)nc2ccc(C3(O)CCC3)cc21. The van der Waals surface area contributed by atoms with Crippen LogP contribution in [0.15, 0.2) is 60.8 Å². The molecule has 11 heteroatoms. The number of benzene rings is 2. The molecule has 1 aliphatic heterocycles. The van der Waals surface area contributed by atoms with Gasteiger partial charge in [0.25, 0.3) is 0 Å². The molecule has 214 valence electrons. The molecule has 1 fully saturated rings. The molecule has 0 spiro atoms. The van der Waals surface area contributed by atoms with Gasteiger partial charge in [0.05, 0.1) is 53.1 Å². The summed E-state index contributed by atoms with van der Waals surface area (Å²) in [6, 6.07) is 19.8. The first kappa shape index (κ1) is 26.6. The number of fused-ring (bicyclic) bond motifs is 2. The third kappa shape index (κ3) is 4.94. The normalized spacial score (nSPS) is 15.1. The summed E-state index contributed by atoms with van der Waals surface area (Å²) < 4.78 is 23.8. The number of halogens is 1. The number of aromatic nitrogens is 5. The lowest BCUT2D eigenvalue weighted by Gasteiger charge is -2.37. The van der Waals surface area contributed by atoms with Crippen molar-refractivity contribution in [3.05, 3.63) is 100 Å². The first-order valence-electron chi connectivity index (χ1n) is 14.1. The van der Waals surface area contributed by atoms with Crippen LogP contribution in [0.25, 0.3) is 11.0 Å². The highest BCUT2D eigenvalue weighted by molar-refractivity contribution is 5.77. The molecule has 0 bridgehead atoms. The maximum absolute atomic E-state index is 14.2. The molecule has 43 heavy (non-hydrogen) atoms. The molecular weight excluding hydrogens is 547 g/mol. The fourth-order valence-electron chi connectivity index (χ4n) is 5.77. The quantitative estimate of drug-likeness (QED) is 0.283. The number of nitriles is 2. The smallest absolute Gasteiger partial charge is 0.215 e. The number of pyridine rings is 1. The Morgan fingerprint density at radius 2 is 1.93 bits per heavy atom. The van der Waals surface area contributed by atoms with E-state index in [1.807, 2.05) is 51.8 Å². The van der Waals surface area contributed by atoms with Gasteiger partial charge in [-0.15, -0.1) is 0 Å². The van der Waals surface area contributed by atoms with Crippen LogP contribution >= 0.6 is 0 Å². The molecule has 1 N–H and O–H groups in total. The van der Waals surface area contributed by atoms with Gasteiger partial charge in [-0.05, 0) is 55.2 Å². The average Bonchev–Trinajstić information content (AvgIpc) is 3.67.